The highest BCUT2D eigenvalue weighted by Gasteiger charge is 2.25. The normalized spacial score (nSPS) is 13.0. The van der Waals surface area contributed by atoms with Crippen LogP contribution in [-0.4, -0.2) is 20.1 Å². The van der Waals surface area contributed by atoms with Crippen molar-refractivity contribution in [1.82, 2.24) is 4.72 Å². The van der Waals surface area contributed by atoms with Crippen LogP contribution in [0.2, 0.25) is 5.02 Å². The maximum atomic E-state index is 12.4. The molecule has 2 aromatic rings. The van der Waals surface area contributed by atoms with E-state index in [0.717, 1.165) is 0 Å². The Labute approximate surface area is 128 Å². The molecule has 0 fully saturated rings. The van der Waals surface area contributed by atoms with E-state index in [0.29, 0.717) is 5.56 Å². The minimum atomic E-state index is -3.95. The van der Waals surface area contributed by atoms with Gasteiger partial charge in [-0.25, -0.2) is 13.1 Å². The molecule has 0 aliphatic rings. The van der Waals surface area contributed by atoms with Crippen molar-refractivity contribution in [3.63, 3.8) is 0 Å². The van der Waals surface area contributed by atoms with Crippen molar-refractivity contribution in [3.8, 4) is 0 Å². The van der Waals surface area contributed by atoms with Gasteiger partial charge in [0, 0.05) is 0 Å². The average Bonchev–Trinajstić information content (AvgIpc) is 2.45. The Kier molecular flexibility index (Phi) is 4.84. The molecule has 1 atom stereocenters. The fourth-order valence-corrected chi connectivity index (χ4v) is 3.84. The minimum absolute atomic E-state index is 0.0345. The third-order valence-corrected chi connectivity index (χ3v) is 4.96. The lowest BCUT2D eigenvalue weighted by atomic mass is 10.1. The van der Waals surface area contributed by atoms with Crippen LogP contribution >= 0.6 is 11.6 Å². The zero-order valence-corrected chi connectivity index (χ0v) is 12.6. The van der Waals surface area contributed by atoms with Crippen LogP contribution in [-0.2, 0) is 10.0 Å². The Bertz CT molecular complexity index is 700. The smallest absolute Gasteiger partial charge is 0.244 e. The van der Waals surface area contributed by atoms with Gasteiger partial charge in [0.2, 0.25) is 10.0 Å². The van der Waals surface area contributed by atoms with Crippen LogP contribution in [0.5, 0.6) is 0 Å². The number of aliphatic hydroxyl groups is 1. The van der Waals surface area contributed by atoms with Gasteiger partial charge in [0.05, 0.1) is 23.4 Å². The van der Waals surface area contributed by atoms with Crippen LogP contribution < -0.4 is 10.5 Å². The summed E-state index contributed by atoms with van der Waals surface area (Å²) in [5.41, 5.74) is 6.40. The molecule has 0 heterocycles. The van der Waals surface area contributed by atoms with Crippen molar-refractivity contribution in [2.75, 3.05) is 12.3 Å². The van der Waals surface area contributed by atoms with Crippen LogP contribution in [0.3, 0.4) is 0 Å². The maximum absolute atomic E-state index is 12.4. The zero-order valence-electron chi connectivity index (χ0n) is 11.0. The summed E-state index contributed by atoms with van der Waals surface area (Å²) in [4.78, 5) is -0.180. The predicted octanol–water partition coefficient (Wildman–Crippen LogP) is 1.93. The number of anilines is 1. The lowest BCUT2D eigenvalue weighted by molar-refractivity contribution is 0.259. The van der Waals surface area contributed by atoms with Gasteiger partial charge in [-0.15, -0.1) is 0 Å². The topological polar surface area (TPSA) is 92.4 Å². The maximum Gasteiger partial charge on any atom is 0.244 e. The van der Waals surface area contributed by atoms with Crippen molar-refractivity contribution in [2.24, 2.45) is 0 Å². The number of hydrogen-bond donors (Lipinski definition) is 3. The van der Waals surface area contributed by atoms with Crippen LogP contribution in [0.25, 0.3) is 0 Å². The standard InChI is InChI=1S/C14H15ClN2O3S/c15-11-7-4-8-12(16)14(11)21(19,20)17-13(9-18)10-5-2-1-3-6-10/h1-8,13,17-18H,9,16H2. The molecule has 0 saturated heterocycles. The van der Waals surface area contributed by atoms with E-state index in [1.54, 1.807) is 36.4 Å². The second kappa shape index (κ2) is 6.44. The fourth-order valence-electron chi connectivity index (χ4n) is 1.95. The molecule has 1 unspecified atom stereocenters. The quantitative estimate of drug-likeness (QED) is 0.732. The molecule has 0 aromatic heterocycles. The highest BCUT2D eigenvalue weighted by Crippen LogP contribution is 2.28. The molecule has 0 amide bonds. The van der Waals surface area contributed by atoms with Gasteiger partial charge in [0.15, 0.2) is 0 Å². The van der Waals surface area contributed by atoms with Crippen LogP contribution in [0.4, 0.5) is 5.69 Å². The van der Waals surface area contributed by atoms with Crippen molar-refractivity contribution >= 4 is 27.3 Å². The summed E-state index contributed by atoms with van der Waals surface area (Å²) in [7, 11) is -3.95. The molecule has 2 aromatic carbocycles. The van der Waals surface area contributed by atoms with E-state index >= 15 is 0 Å². The number of halogens is 1. The third kappa shape index (κ3) is 3.54. The van der Waals surface area contributed by atoms with E-state index in [4.69, 9.17) is 17.3 Å². The third-order valence-electron chi connectivity index (χ3n) is 2.95. The Morgan fingerprint density at radius 1 is 1.14 bits per heavy atom. The molecule has 112 valence electrons. The van der Waals surface area contributed by atoms with Crippen LogP contribution in [0, 0.1) is 0 Å². The van der Waals surface area contributed by atoms with Gasteiger partial charge in [-0.1, -0.05) is 48.0 Å². The predicted molar refractivity (Wildman–Crippen MR) is 82.5 cm³/mol. The van der Waals surface area contributed by atoms with Crippen molar-refractivity contribution < 1.29 is 13.5 Å². The molecule has 2 rings (SSSR count). The summed E-state index contributed by atoms with van der Waals surface area (Å²) >= 11 is 5.93. The van der Waals surface area contributed by atoms with Gasteiger partial charge >= 0.3 is 0 Å². The number of benzene rings is 2. The first-order valence-corrected chi connectivity index (χ1v) is 8.04. The molecule has 21 heavy (non-hydrogen) atoms. The number of hydrogen-bond acceptors (Lipinski definition) is 4. The molecule has 0 saturated carbocycles. The zero-order chi connectivity index (χ0) is 15.5. The van der Waals surface area contributed by atoms with Gasteiger partial charge in [-0.3, -0.25) is 0 Å². The highest BCUT2D eigenvalue weighted by molar-refractivity contribution is 7.89. The number of nitrogen functional groups attached to an aromatic ring is 1. The van der Waals surface area contributed by atoms with Crippen LogP contribution in [0.1, 0.15) is 11.6 Å². The lowest BCUT2D eigenvalue weighted by Gasteiger charge is -2.18. The Morgan fingerprint density at radius 3 is 2.38 bits per heavy atom. The molecule has 0 spiro atoms. The molecular weight excluding hydrogens is 312 g/mol. The first-order chi connectivity index (χ1) is 9.95. The highest BCUT2D eigenvalue weighted by atomic mass is 35.5. The molecule has 0 bridgehead atoms. The summed E-state index contributed by atoms with van der Waals surface area (Å²) in [5, 5.41) is 9.47. The van der Waals surface area contributed by atoms with Crippen molar-refractivity contribution in [2.45, 2.75) is 10.9 Å². The monoisotopic (exact) mass is 326 g/mol. The Balaban J connectivity index is 2.37. The molecular formula is C14H15ClN2O3S. The van der Waals surface area contributed by atoms with E-state index in [1.165, 1.54) is 12.1 Å². The van der Waals surface area contributed by atoms with Crippen LogP contribution in [0.15, 0.2) is 53.4 Å². The summed E-state index contributed by atoms with van der Waals surface area (Å²) in [6, 6.07) is 12.5. The fraction of sp³-hybridized carbons (Fsp3) is 0.143. The van der Waals surface area contributed by atoms with E-state index < -0.39 is 16.1 Å². The molecule has 4 N–H and O–H groups in total. The second-order valence-corrected chi connectivity index (χ2v) is 6.48. The number of rotatable bonds is 5. The molecule has 0 aliphatic carbocycles. The molecule has 0 radical (unpaired) electrons. The lowest BCUT2D eigenvalue weighted by Crippen LogP contribution is -2.31. The van der Waals surface area contributed by atoms with E-state index in [-0.39, 0.29) is 22.2 Å². The molecule has 0 aliphatic heterocycles. The Hall–Kier alpha value is -1.60. The number of sulfonamides is 1. The minimum Gasteiger partial charge on any atom is -0.398 e. The second-order valence-electron chi connectivity index (χ2n) is 4.43. The summed E-state index contributed by atoms with van der Waals surface area (Å²) in [5.74, 6) is 0. The number of nitrogens with one attached hydrogen (secondary N) is 1. The van der Waals surface area contributed by atoms with Crippen molar-refractivity contribution in [3.05, 3.63) is 59.1 Å². The van der Waals surface area contributed by atoms with E-state index in [9.17, 15) is 13.5 Å². The van der Waals surface area contributed by atoms with Gasteiger partial charge in [-0.2, -0.15) is 0 Å². The Morgan fingerprint density at radius 2 is 1.81 bits per heavy atom. The number of nitrogens with two attached hydrogens (primary N) is 1. The van der Waals surface area contributed by atoms with Gasteiger partial charge < -0.3 is 10.8 Å². The van der Waals surface area contributed by atoms with Crippen molar-refractivity contribution in [1.29, 1.82) is 0 Å². The summed E-state index contributed by atoms with van der Waals surface area (Å²) < 4.78 is 27.3. The summed E-state index contributed by atoms with van der Waals surface area (Å²) in [6.45, 7) is -0.381. The van der Waals surface area contributed by atoms with Gasteiger partial charge in [0.1, 0.15) is 4.90 Å². The van der Waals surface area contributed by atoms with Gasteiger partial charge in [-0.05, 0) is 17.7 Å². The van der Waals surface area contributed by atoms with E-state index in [1.807, 2.05) is 0 Å². The SMILES string of the molecule is Nc1cccc(Cl)c1S(=O)(=O)NC(CO)c1ccccc1. The first-order valence-electron chi connectivity index (χ1n) is 6.18. The van der Waals surface area contributed by atoms with Gasteiger partial charge in [0.25, 0.3) is 0 Å². The molecule has 7 heteroatoms. The summed E-state index contributed by atoms with van der Waals surface area (Å²) in [6.07, 6.45) is 0. The largest absolute Gasteiger partial charge is 0.398 e. The number of aliphatic hydroxyl groups excluding tert-OH is 1. The first kappa shape index (κ1) is 15.8. The molecule has 5 nitrogen and oxygen atoms in total. The van der Waals surface area contributed by atoms with E-state index in [2.05, 4.69) is 4.72 Å². The average molecular weight is 327 g/mol.